The van der Waals surface area contributed by atoms with Crippen LogP contribution in [0, 0.1) is 0 Å². The Bertz CT molecular complexity index is 96.1. The van der Waals surface area contributed by atoms with Gasteiger partial charge in [-0.05, 0) is 12.5 Å². The van der Waals surface area contributed by atoms with Crippen molar-refractivity contribution in [3.05, 3.63) is 12.7 Å². The van der Waals surface area contributed by atoms with Crippen molar-refractivity contribution in [1.29, 1.82) is 0 Å². The van der Waals surface area contributed by atoms with Crippen LogP contribution in [0.15, 0.2) is 12.7 Å². The number of hydrogen-bond acceptors (Lipinski definition) is 3. The van der Waals surface area contributed by atoms with Crippen LogP contribution in [0.3, 0.4) is 0 Å². The molecule has 0 saturated heterocycles. The molecule has 1 atom stereocenters. The van der Waals surface area contributed by atoms with Crippen molar-refractivity contribution >= 4 is 23.5 Å². The van der Waals surface area contributed by atoms with Crippen molar-refractivity contribution in [1.82, 2.24) is 0 Å². The molecule has 0 heterocycles. The molecule has 0 rings (SSSR count). The number of thioether (sulfide) groups is 2. The Kier molecular flexibility index (Phi) is 8.81. The molecule has 0 saturated carbocycles. The largest absolute Gasteiger partial charge is 0.376 e. The van der Waals surface area contributed by atoms with Gasteiger partial charge in [-0.1, -0.05) is 6.08 Å². The minimum atomic E-state index is 0.630. The highest BCUT2D eigenvalue weighted by Gasteiger charge is 2.04. The fourth-order valence-electron chi connectivity index (χ4n) is 0.653. The van der Waals surface area contributed by atoms with Crippen molar-refractivity contribution in [2.24, 2.45) is 0 Å². The van der Waals surface area contributed by atoms with Gasteiger partial charge in [0.05, 0.1) is 13.2 Å². The van der Waals surface area contributed by atoms with E-state index in [2.05, 4.69) is 19.1 Å². The van der Waals surface area contributed by atoms with Gasteiger partial charge in [-0.25, -0.2) is 0 Å². The quantitative estimate of drug-likeness (QED) is 0.452. The van der Waals surface area contributed by atoms with E-state index in [0.29, 0.717) is 11.9 Å². The molecule has 1 unspecified atom stereocenters. The minimum Gasteiger partial charge on any atom is -0.376 e. The molecule has 0 fully saturated rings. The van der Waals surface area contributed by atoms with E-state index in [1.54, 1.807) is 6.08 Å². The molecule has 0 radical (unpaired) electrons. The van der Waals surface area contributed by atoms with Gasteiger partial charge in [0.1, 0.15) is 0 Å². The summed E-state index contributed by atoms with van der Waals surface area (Å²) in [5.41, 5.74) is 0. The second kappa shape index (κ2) is 8.50. The monoisotopic (exact) mass is 192 g/mol. The molecule has 66 valence electrons. The lowest BCUT2D eigenvalue weighted by Crippen LogP contribution is -2.14. The summed E-state index contributed by atoms with van der Waals surface area (Å²) in [7, 11) is 0. The third-order valence-electron chi connectivity index (χ3n) is 1.23. The average molecular weight is 192 g/mol. The summed E-state index contributed by atoms with van der Waals surface area (Å²) in [6.07, 6.45) is 6.03. The predicted molar refractivity (Wildman–Crippen MR) is 56.7 cm³/mol. The standard InChI is InChI=1S/C8H16OS2/c1-4-5-9-6-8(11-3)7-10-2/h4,8H,1,5-7H2,2-3H3. The van der Waals surface area contributed by atoms with Crippen LogP contribution in [0.5, 0.6) is 0 Å². The van der Waals surface area contributed by atoms with E-state index < -0.39 is 0 Å². The third-order valence-corrected chi connectivity index (χ3v) is 3.14. The molecule has 0 N–H and O–H groups in total. The molecule has 3 heteroatoms. The molecule has 0 bridgehead atoms. The van der Waals surface area contributed by atoms with Gasteiger partial charge < -0.3 is 4.74 Å². The molecule has 0 amide bonds. The zero-order valence-corrected chi connectivity index (χ0v) is 8.84. The highest BCUT2D eigenvalue weighted by atomic mass is 32.2. The Labute approximate surface area is 78.0 Å². The smallest absolute Gasteiger partial charge is 0.0645 e. The summed E-state index contributed by atoms with van der Waals surface area (Å²) in [5.74, 6) is 1.16. The molecule has 0 aliphatic carbocycles. The summed E-state index contributed by atoms with van der Waals surface area (Å²) >= 11 is 3.73. The van der Waals surface area contributed by atoms with Gasteiger partial charge in [0.15, 0.2) is 0 Å². The molecule has 0 aromatic heterocycles. The second-order valence-corrected chi connectivity index (χ2v) is 4.19. The number of hydrogen-bond donors (Lipinski definition) is 0. The van der Waals surface area contributed by atoms with Crippen LogP contribution in [0.4, 0.5) is 0 Å². The van der Waals surface area contributed by atoms with E-state index in [1.165, 1.54) is 0 Å². The van der Waals surface area contributed by atoms with Gasteiger partial charge >= 0.3 is 0 Å². The Hall–Kier alpha value is 0.400. The zero-order valence-electron chi connectivity index (χ0n) is 7.21. The van der Waals surface area contributed by atoms with E-state index in [4.69, 9.17) is 4.74 Å². The SMILES string of the molecule is C=CCOCC(CSC)SC. The van der Waals surface area contributed by atoms with E-state index >= 15 is 0 Å². The van der Waals surface area contributed by atoms with Crippen molar-refractivity contribution in [2.75, 3.05) is 31.5 Å². The zero-order chi connectivity index (χ0) is 8.53. The summed E-state index contributed by atoms with van der Waals surface area (Å²) in [6, 6.07) is 0. The summed E-state index contributed by atoms with van der Waals surface area (Å²) in [6.45, 7) is 5.11. The highest BCUT2D eigenvalue weighted by molar-refractivity contribution is 8.02. The first-order chi connectivity index (χ1) is 5.35. The minimum absolute atomic E-state index is 0.630. The first-order valence-corrected chi connectivity index (χ1v) is 6.23. The van der Waals surface area contributed by atoms with Gasteiger partial charge in [0.25, 0.3) is 0 Å². The van der Waals surface area contributed by atoms with Gasteiger partial charge in [0, 0.05) is 11.0 Å². The molecule has 1 nitrogen and oxygen atoms in total. The highest BCUT2D eigenvalue weighted by Crippen LogP contribution is 2.11. The van der Waals surface area contributed by atoms with Crippen molar-refractivity contribution in [2.45, 2.75) is 5.25 Å². The first kappa shape index (κ1) is 11.4. The summed E-state index contributed by atoms with van der Waals surface area (Å²) < 4.78 is 5.34. The first-order valence-electron chi connectivity index (χ1n) is 3.55. The second-order valence-electron chi connectivity index (χ2n) is 2.14. The molecular weight excluding hydrogens is 176 g/mol. The van der Waals surface area contributed by atoms with E-state index in [1.807, 2.05) is 23.5 Å². The third kappa shape index (κ3) is 6.78. The summed E-state index contributed by atoms with van der Waals surface area (Å²) in [5, 5.41) is 0.630. The molecule has 0 aromatic carbocycles. The van der Waals surface area contributed by atoms with Gasteiger partial charge in [-0.2, -0.15) is 23.5 Å². The van der Waals surface area contributed by atoms with E-state index in [-0.39, 0.29) is 0 Å². The van der Waals surface area contributed by atoms with Crippen LogP contribution in [0.25, 0.3) is 0 Å². The maximum Gasteiger partial charge on any atom is 0.0645 e. The number of rotatable bonds is 7. The fraction of sp³-hybridized carbons (Fsp3) is 0.750. The van der Waals surface area contributed by atoms with Crippen LogP contribution in [0.2, 0.25) is 0 Å². The topological polar surface area (TPSA) is 9.23 Å². The van der Waals surface area contributed by atoms with Crippen molar-refractivity contribution in [3.8, 4) is 0 Å². The Morgan fingerprint density at radius 3 is 2.73 bits per heavy atom. The normalized spacial score (nSPS) is 12.9. The molecule has 0 aliphatic heterocycles. The van der Waals surface area contributed by atoms with Crippen molar-refractivity contribution in [3.63, 3.8) is 0 Å². The molecule has 0 aliphatic rings. The Morgan fingerprint density at radius 1 is 1.55 bits per heavy atom. The average Bonchev–Trinajstić information content (AvgIpc) is 2.03. The predicted octanol–water partition coefficient (Wildman–Crippen LogP) is 2.28. The van der Waals surface area contributed by atoms with Gasteiger partial charge in [0.2, 0.25) is 0 Å². The summed E-state index contributed by atoms with van der Waals surface area (Å²) in [4.78, 5) is 0. The lowest BCUT2D eigenvalue weighted by Gasteiger charge is -2.11. The maximum absolute atomic E-state index is 5.34. The van der Waals surface area contributed by atoms with Crippen LogP contribution in [-0.2, 0) is 4.74 Å². The lowest BCUT2D eigenvalue weighted by molar-refractivity contribution is 0.167. The molecular formula is C8H16OS2. The van der Waals surface area contributed by atoms with Gasteiger partial charge in [-0.3, -0.25) is 0 Å². The molecule has 11 heavy (non-hydrogen) atoms. The lowest BCUT2D eigenvalue weighted by atomic mass is 10.5. The van der Waals surface area contributed by atoms with Crippen LogP contribution >= 0.6 is 23.5 Å². The Morgan fingerprint density at radius 2 is 2.27 bits per heavy atom. The van der Waals surface area contributed by atoms with Crippen LogP contribution in [0.1, 0.15) is 0 Å². The van der Waals surface area contributed by atoms with Crippen LogP contribution in [-0.4, -0.2) is 36.7 Å². The van der Waals surface area contributed by atoms with Crippen molar-refractivity contribution < 1.29 is 4.74 Å². The van der Waals surface area contributed by atoms with Crippen LogP contribution < -0.4 is 0 Å². The fourth-order valence-corrected chi connectivity index (χ4v) is 2.31. The van der Waals surface area contributed by atoms with E-state index in [9.17, 15) is 0 Å². The molecule has 0 spiro atoms. The maximum atomic E-state index is 5.34. The Balaban J connectivity index is 3.27. The van der Waals surface area contributed by atoms with E-state index in [0.717, 1.165) is 12.4 Å². The molecule has 0 aromatic rings. The number of ether oxygens (including phenoxy) is 1. The van der Waals surface area contributed by atoms with Gasteiger partial charge in [-0.15, -0.1) is 6.58 Å².